The van der Waals surface area contributed by atoms with Crippen molar-refractivity contribution in [1.29, 1.82) is 0 Å². The van der Waals surface area contributed by atoms with E-state index < -0.39 is 0 Å². The van der Waals surface area contributed by atoms with Crippen LogP contribution in [0.4, 0.5) is 5.69 Å². The Kier molecular flexibility index (Phi) is 5.33. The van der Waals surface area contributed by atoms with Crippen LogP contribution in [-0.4, -0.2) is 15.7 Å². The summed E-state index contributed by atoms with van der Waals surface area (Å²) in [5.41, 5.74) is 4.99. The molecule has 0 bridgehead atoms. The van der Waals surface area contributed by atoms with Gasteiger partial charge in [-0.25, -0.2) is 4.68 Å². The maximum Gasteiger partial charge on any atom is 0.276 e. The third-order valence-electron chi connectivity index (χ3n) is 5.43. The Morgan fingerprint density at radius 2 is 1.62 bits per heavy atom. The molecule has 0 aliphatic rings. The van der Waals surface area contributed by atoms with Gasteiger partial charge in [0.2, 0.25) is 0 Å². The summed E-state index contributed by atoms with van der Waals surface area (Å²) in [6.45, 7) is 2.05. The fourth-order valence-corrected chi connectivity index (χ4v) is 4.28. The van der Waals surface area contributed by atoms with Gasteiger partial charge in [-0.15, -0.1) is 0 Å². The van der Waals surface area contributed by atoms with E-state index >= 15 is 0 Å². The first-order valence-corrected chi connectivity index (χ1v) is 11.1. The van der Waals surface area contributed by atoms with Crippen LogP contribution < -0.4 is 5.32 Å². The average Bonchev–Trinajstić information content (AvgIpc) is 3.24. The molecule has 0 radical (unpaired) electrons. The van der Waals surface area contributed by atoms with E-state index in [0.29, 0.717) is 11.4 Å². The number of aromatic nitrogens is 2. The Hall–Kier alpha value is -3.70. The molecule has 1 amide bonds. The minimum absolute atomic E-state index is 0.253. The molecule has 32 heavy (non-hydrogen) atoms. The fraction of sp³-hybridized carbons (Fsp3) is 0.0370. The lowest BCUT2D eigenvalue weighted by molar-refractivity contribution is 0.102. The first-order valence-electron chi connectivity index (χ1n) is 10.3. The molecule has 5 heteroatoms. The van der Waals surface area contributed by atoms with E-state index in [-0.39, 0.29) is 5.91 Å². The van der Waals surface area contributed by atoms with E-state index in [2.05, 4.69) is 45.5 Å². The molecule has 0 saturated heterocycles. The monoisotopic (exact) mass is 481 g/mol. The Morgan fingerprint density at radius 3 is 2.47 bits per heavy atom. The second-order valence-electron chi connectivity index (χ2n) is 7.60. The molecule has 0 atom stereocenters. The van der Waals surface area contributed by atoms with Gasteiger partial charge in [-0.2, -0.15) is 5.10 Å². The van der Waals surface area contributed by atoms with Crippen LogP contribution in [0.1, 0.15) is 16.1 Å². The number of anilines is 1. The van der Waals surface area contributed by atoms with Crippen molar-refractivity contribution in [3.63, 3.8) is 0 Å². The minimum Gasteiger partial charge on any atom is -0.321 e. The third kappa shape index (κ3) is 3.83. The van der Waals surface area contributed by atoms with Gasteiger partial charge >= 0.3 is 0 Å². The number of carbonyl (C=O) groups is 1. The highest BCUT2D eigenvalue weighted by Gasteiger charge is 2.19. The summed E-state index contributed by atoms with van der Waals surface area (Å²) in [5.74, 6) is -0.253. The molecule has 156 valence electrons. The van der Waals surface area contributed by atoms with E-state index in [4.69, 9.17) is 5.10 Å². The van der Waals surface area contributed by atoms with Crippen molar-refractivity contribution >= 4 is 38.3 Å². The van der Waals surface area contributed by atoms with Crippen molar-refractivity contribution in [2.24, 2.45) is 0 Å². The summed E-state index contributed by atoms with van der Waals surface area (Å²) in [7, 11) is 0. The van der Waals surface area contributed by atoms with E-state index in [1.54, 1.807) is 0 Å². The van der Waals surface area contributed by atoms with Crippen molar-refractivity contribution in [3.8, 4) is 16.9 Å². The molecule has 0 aliphatic heterocycles. The number of aryl methyl sites for hydroxylation is 1. The van der Waals surface area contributed by atoms with Crippen LogP contribution in [0.5, 0.6) is 0 Å². The second-order valence-corrected chi connectivity index (χ2v) is 8.52. The minimum atomic E-state index is -0.253. The van der Waals surface area contributed by atoms with Gasteiger partial charge in [0.25, 0.3) is 5.91 Å². The lowest BCUT2D eigenvalue weighted by Crippen LogP contribution is -2.13. The van der Waals surface area contributed by atoms with Gasteiger partial charge in [-0.1, -0.05) is 82.7 Å². The molecule has 0 fully saturated rings. The average molecular weight is 482 g/mol. The lowest BCUT2D eigenvalue weighted by Gasteiger charge is -2.12. The standard InChI is InChI=1S/C27H20BrN3O/c1-18-8-2-5-15-25(18)31-26(23-14-6-10-19-9-3-4-13-22(19)23)17-24(30-31)27(32)29-21-12-7-11-20(28)16-21/h2-17H,1H3,(H,29,32). The molecule has 4 aromatic carbocycles. The van der Waals surface area contributed by atoms with Gasteiger partial charge < -0.3 is 5.32 Å². The molecule has 1 N–H and O–H groups in total. The Morgan fingerprint density at radius 1 is 0.875 bits per heavy atom. The summed E-state index contributed by atoms with van der Waals surface area (Å²) in [5, 5.41) is 9.94. The highest BCUT2D eigenvalue weighted by molar-refractivity contribution is 9.10. The highest BCUT2D eigenvalue weighted by Crippen LogP contribution is 2.32. The Labute approximate surface area is 194 Å². The molecule has 1 heterocycles. The van der Waals surface area contributed by atoms with Crippen molar-refractivity contribution in [1.82, 2.24) is 9.78 Å². The van der Waals surface area contributed by atoms with Crippen LogP contribution in [-0.2, 0) is 0 Å². The lowest BCUT2D eigenvalue weighted by atomic mass is 10.0. The summed E-state index contributed by atoms with van der Waals surface area (Å²) in [6.07, 6.45) is 0. The molecular formula is C27H20BrN3O. The van der Waals surface area contributed by atoms with Crippen LogP contribution >= 0.6 is 15.9 Å². The normalized spacial score (nSPS) is 10.9. The molecule has 0 unspecified atom stereocenters. The van der Waals surface area contributed by atoms with E-state index in [9.17, 15) is 4.79 Å². The number of hydrogen-bond acceptors (Lipinski definition) is 2. The zero-order chi connectivity index (χ0) is 22.1. The maximum absolute atomic E-state index is 13.1. The predicted molar refractivity (Wildman–Crippen MR) is 133 cm³/mol. The van der Waals surface area contributed by atoms with Gasteiger partial charge in [0.1, 0.15) is 0 Å². The van der Waals surface area contributed by atoms with Crippen LogP contribution in [0.15, 0.2) is 102 Å². The van der Waals surface area contributed by atoms with E-state index in [1.807, 2.05) is 84.4 Å². The first kappa shape index (κ1) is 20.2. The van der Waals surface area contributed by atoms with Crippen LogP contribution in [0, 0.1) is 6.92 Å². The molecule has 0 aliphatic carbocycles. The second kappa shape index (κ2) is 8.44. The van der Waals surface area contributed by atoms with Gasteiger partial charge in [0, 0.05) is 15.7 Å². The smallest absolute Gasteiger partial charge is 0.276 e. The topological polar surface area (TPSA) is 46.9 Å². The zero-order valence-corrected chi connectivity index (χ0v) is 19.0. The number of nitrogens with one attached hydrogen (secondary N) is 1. The van der Waals surface area contributed by atoms with E-state index in [0.717, 1.165) is 37.8 Å². The Bertz CT molecular complexity index is 1450. The van der Waals surface area contributed by atoms with Gasteiger partial charge in [0.15, 0.2) is 5.69 Å². The summed E-state index contributed by atoms with van der Waals surface area (Å²) >= 11 is 3.45. The summed E-state index contributed by atoms with van der Waals surface area (Å²) < 4.78 is 2.77. The molecule has 5 aromatic rings. The van der Waals surface area contributed by atoms with Crippen LogP contribution in [0.3, 0.4) is 0 Å². The van der Waals surface area contributed by atoms with E-state index in [1.165, 1.54) is 0 Å². The molecular weight excluding hydrogens is 462 g/mol. The van der Waals surface area contributed by atoms with Gasteiger partial charge in [0.05, 0.1) is 11.4 Å². The number of para-hydroxylation sites is 1. The number of nitrogens with zero attached hydrogens (tertiary/aromatic N) is 2. The number of carbonyl (C=O) groups excluding carboxylic acids is 1. The van der Waals surface area contributed by atoms with Crippen molar-refractivity contribution in [2.45, 2.75) is 6.92 Å². The number of amides is 1. The number of hydrogen-bond donors (Lipinski definition) is 1. The van der Waals surface area contributed by atoms with Gasteiger partial charge in [-0.3, -0.25) is 4.79 Å². The molecule has 0 saturated carbocycles. The number of rotatable bonds is 4. The summed E-state index contributed by atoms with van der Waals surface area (Å²) in [6, 6.07) is 31.9. The largest absolute Gasteiger partial charge is 0.321 e. The maximum atomic E-state index is 13.1. The Balaban J connectivity index is 1.66. The molecule has 5 rings (SSSR count). The van der Waals surface area contributed by atoms with Crippen molar-refractivity contribution in [2.75, 3.05) is 5.32 Å². The van der Waals surface area contributed by atoms with Crippen molar-refractivity contribution in [3.05, 3.63) is 113 Å². The number of benzene rings is 4. The van der Waals surface area contributed by atoms with Gasteiger partial charge in [-0.05, 0) is 53.6 Å². The van der Waals surface area contributed by atoms with Crippen LogP contribution in [0.25, 0.3) is 27.7 Å². The highest BCUT2D eigenvalue weighted by atomic mass is 79.9. The predicted octanol–water partition coefficient (Wildman–Crippen LogP) is 7.02. The zero-order valence-electron chi connectivity index (χ0n) is 17.4. The summed E-state index contributed by atoms with van der Waals surface area (Å²) in [4.78, 5) is 13.1. The SMILES string of the molecule is Cc1ccccc1-n1nc(C(=O)Nc2cccc(Br)c2)cc1-c1cccc2ccccc12. The quantitative estimate of drug-likeness (QED) is 0.299. The first-order chi connectivity index (χ1) is 15.6. The third-order valence-corrected chi connectivity index (χ3v) is 5.93. The fourth-order valence-electron chi connectivity index (χ4n) is 3.88. The van der Waals surface area contributed by atoms with Crippen molar-refractivity contribution < 1.29 is 4.79 Å². The molecule has 0 spiro atoms. The number of fused-ring (bicyclic) bond motifs is 1. The van der Waals surface area contributed by atoms with Crippen LogP contribution in [0.2, 0.25) is 0 Å². The molecule has 4 nitrogen and oxygen atoms in total. The number of halogens is 1. The molecule has 1 aromatic heterocycles.